The van der Waals surface area contributed by atoms with Crippen molar-refractivity contribution in [2.24, 2.45) is 4.99 Å². The number of nitrogens with zero attached hydrogens (tertiary/aromatic N) is 3. The van der Waals surface area contributed by atoms with Gasteiger partial charge in [-0.25, -0.2) is 9.79 Å². The van der Waals surface area contributed by atoms with Crippen LogP contribution < -0.4 is 20.1 Å². The van der Waals surface area contributed by atoms with Crippen molar-refractivity contribution in [2.75, 3.05) is 32.2 Å². The molecular formula is C26H34N6O4. The van der Waals surface area contributed by atoms with Crippen molar-refractivity contribution in [1.29, 1.82) is 5.26 Å². The number of H-pyrrole nitrogens is 1. The summed E-state index contributed by atoms with van der Waals surface area (Å²) in [7, 11) is 1.59. The van der Waals surface area contributed by atoms with Crippen molar-refractivity contribution in [3.05, 3.63) is 47.7 Å². The molecule has 2 aromatic rings. The Morgan fingerprint density at radius 2 is 2.06 bits per heavy atom. The van der Waals surface area contributed by atoms with Gasteiger partial charge in [0.05, 0.1) is 37.7 Å². The molecule has 1 aromatic heterocycles. The molecule has 10 nitrogen and oxygen atoms in total. The number of hydrogen-bond donors (Lipinski definition) is 3. The second kappa shape index (κ2) is 14.9. The number of aliphatic imine (C=N–C) groups is 1. The lowest BCUT2D eigenvalue weighted by molar-refractivity contribution is 0.151. The Hall–Kier alpha value is -4.26. The first-order valence-electron chi connectivity index (χ1n) is 11.8. The van der Waals surface area contributed by atoms with Crippen LogP contribution in [0.3, 0.4) is 0 Å². The monoisotopic (exact) mass is 494 g/mol. The fraction of sp³-hybridized carbons (Fsp3) is 0.385. The standard InChI is InChI=1S/C26H34N6O4/c1-6-18(3)14-23(29-17-19(4)16-27)30-24-15-20(31-32-24)25-21(34-5)10-8-11-22(25)36-13-9-12-28-26(33)35-7-2/h8,10-11,14-15,17H,6-7,9,12-13H2,1-5H3,(H,28,33)(H2,29,30,31,32)/b18-14+,19-17+. The lowest BCUT2D eigenvalue weighted by Gasteiger charge is -2.14. The Balaban J connectivity index is 2.21. The molecular weight excluding hydrogens is 460 g/mol. The van der Waals surface area contributed by atoms with E-state index in [0.717, 1.165) is 17.6 Å². The van der Waals surface area contributed by atoms with Crippen LogP contribution >= 0.6 is 0 Å². The van der Waals surface area contributed by atoms with E-state index in [4.69, 9.17) is 19.5 Å². The molecule has 0 saturated heterocycles. The van der Waals surface area contributed by atoms with Crippen LogP contribution in [0, 0.1) is 11.3 Å². The van der Waals surface area contributed by atoms with Crippen LogP contribution in [-0.2, 0) is 4.74 Å². The normalized spacial score (nSPS) is 12.1. The highest BCUT2D eigenvalue weighted by Crippen LogP contribution is 2.38. The number of allylic oxidation sites excluding steroid dienone is 2. The second-order valence-electron chi connectivity index (χ2n) is 7.76. The highest BCUT2D eigenvalue weighted by Gasteiger charge is 2.16. The third-order valence-electron chi connectivity index (χ3n) is 4.95. The minimum absolute atomic E-state index is 0.328. The fourth-order valence-electron chi connectivity index (χ4n) is 2.98. The van der Waals surface area contributed by atoms with Gasteiger partial charge in [-0.1, -0.05) is 18.6 Å². The second-order valence-corrected chi connectivity index (χ2v) is 7.76. The van der Waals surface area contributed by atoms with E-state index in [2.05, 4.69) is 38.8 Å². The summed E-state index contributed by atoms with van der Waals surface area (Å²) >= 11 is 0. The van der Waals surface area contributed by atoms with E-state index in [1.165, 1.54) is 6.20 Å². The maximum Gasteiger partial charge on any atom is 0.407 e. The van der Waals surface area contributed by atoms with Gasteiger partial charge in [0.15, 0.2) is 5.82 Å². The van der Waals surface area contributed by atoms with Gasteiger partial charge >= 0.3 is 6.09 Å². The molecule has 1 heterocycles. The molecule has 36 heavy (non-hydrogen) atoms. The van der Waals surface area contributed by atoms with Gasteiger partial charge in [-0.3, -0.25) is 5.10 Å². The van der Waals surface area contributed by atoms with Gasteiger partial charge in [-0.2, -0.15) is 10.4 Å². The average Bonchev–Trinajstić information content (AvgIpc) is 3.34. The van der Waals surface area contributed by atoms with Gasteiger partial charge in [-0.05, 0) is 51.8 Å². The molecule has 0 fully saturated rings. The zero-order chi connectivity index (χ0) is 26.3. The zero-order valence-electron chi connectivity index (χ0n) is 21.5. The molecule has 10 heteroatoms. The van der Waals surface area contributed by atoms with Crippen molar-refractivity contribution < 1.29 is 19.0 Å². The Bertz CT molecular complexity index is 1140. The van der Waals surface area contributed by atoms with Gasteiger partial charge in [0.1, 0.15) is 17.3 Å². The van der Waals surface area contributed by atoms with E-state index in [1.54, 1.807) is 21.0 Å². The fourth-order valence-corrected chi connectivity index (χ4v) is 2.98. The van der Waals surface area contributed by atoms with Crippen molar-refractivity contribution >= 4 is 17.7 Å². The van der Waals surface area contributed by atoms with Crippen molar-refractivity contribution in [1.82, 2.24) is 15.5 Å². The number of benzene rings is 1. The number of nitrogens with one attached hydrogen (secondary N) is 3. The van der Waals surface area contributed by atoms with Crippen molar-refractivity contribution in [2.45, 2.75) is 40.5 Å². The number of ether oxygens (including phenoxy) is 3. The summed E-state index contributed by atoms with van der Waals surface area (Å²) in [4.78, 5) is 15.8. The molecule has 0 aliphatic rings. The number of methoxy groups -OCH3 is 1. The van der Waals surface area contributed by atoms with E-state index >= 15 is 0 Å². The number of aromatic nitrogens is 2. The van der Waals surface area contributed by atoms with Crippen molar-refractivity contribution in [3.8, 4) is 28.8 Å². The number of aromatic amines is 1. The molecule has 0 aliphatic carbocycles. The Kier molecular flexibility index (Phi) is 11.6. The summed E-state index contributed by atoms with van der Waals surface area (Å²) < 4.78 is 16.4. The maximum atomic E-state index is 11.4. The lowest BCUT2D eigenvalue weighted by atomic mass is 10.1. The molecule has 1 aromatic carbocycles. The summed E-state index contributed by atoms with van der Waals surface area (Å²) in [6.45, 7) is 8.66. The molecule has 0 unspecified atom stereocenters. The van der Waals surface area contributed by atoms with E-state index < -0.39 is 6.09 Å². The molecule has 3 N–H and O–H groups in total. The SMILES string of the molecule is CCOC(=O)NCCCOc1cccc(OC)c1-c1cc(NC(/C=C(\C)CC)=N/C=C(\C)C#N)n[nH]1. The average molecular weight is 495 g/mol. The molecule has 192 valence electrons. The number of rotatable bonds is 12. The number of hydrogen-bond acceptors (Lipinski definition) is 7. The number of alkyl carbamates (subject to hydrolysis) is 1. The van der Waals surface area contributed by atoms with E-state index in [9.17, 15) is 4.79 Å². The lowest BCUT2D eigenvalue weighted by Crippen LogP contribution is -2.26. The smallest absolute Gasteiger partial charge is 0.407 e. The summed E-state index contributed by atoms with van der Waals surface area (Å²) in [5.41, 5.74) is 3.03. The number of amidine groups is 1. The van der Waals surface area contributed by atoms with Gasteiger partial charge in [0, 0.05) is 24.4 Å². The number of anilines is 1. The van der Waals surface area contributed by atoms with Crippen LogP contribution in [0.2, 0.25) is 0 Å². The summed E-state index contributed by atoms with van der Waals surface area (Å²) in [5.74, 6) is 2.34. The molecule has 0 spiro atoms. The first kappa shape index (κ1) is 28.0. The molecule has 2 rings (SSSR count). The molecule has 1 amide bonds. The molecule has 0 atom stereocenters. The number of nitriles is 1. The molecule has 0 radical (unpaired) electrons. The number of carbonyl (C=O) groups excluding carboxylic acids is 1. The summed E-state index contributed by atoms with van der Waals surface area (Å²) in [6.07, 6.45) is 4.45. The van der Waals surface area contributed by atoms with Gasteiger partial charge < -0.3 is 24.8 Å². The first-order chi connectivity index (χ1) is 17.4. The molecule has 0 bridgehead atoms. The summed E-state index contributed by atoms with van der Waals surface area (Å²) in [6, 6.07) is 9.43. The van der Waals surface area contributed by atoms with E-state index in [0.29, 0.717) is 60.6 Å². The van der Waals surface area contributed by atoms with Gasteiger partial charge in [0.2, 0.25) is 0 Å². The predicted octanol–water partition coefficient (Wildman–Crippen LogP) is 5.19. The molecule has 0 saturated carbocycles. The van der Waals surface area contributed by atoms with E-state index in [1.807, 2.05) is 37.3 Å². The maximum absolute atomic E-state index is 11.4. The quantitative estimate of drug-likeness (QED) is 0.160. The predicted molar refractivity (Wildman–Crippen MR) is 140 cm³/mol. The van der Waals surface area contributed by atoms with Gasteiger partial charge in [0.25, 0.3) is 0 Å². The van der Waals surface area contributed by atoms with Crippen LogP contribution in [0.5, 0.6) is 11.5 Å². The van der Waals surface area contributed by atoms with Crippen LogP contribution in [0.1, 0.15) is 40.5 Å². The number of carbonyl (C=O) groups is 1. The first-order valence-corrected chi connectivity index (χ1v) is 11.8. The minimum atomic E-state index is -0.442. The van der Waals surface area contributed by atoms with Crippen LogP contribution in [-0.4, -0.2) is 49.0 Å². The molecule has 0 aliphatic heterocycles. The van der Waals surface area contributed by atoms with Gasteiger partial charge in [-0.15, -0.1) is 0 Å². The van der Waals surface area contributed by atoms with E-state index in [-0.39, 0.29) is 0 Å². The van der Waals surface area contributed by atoms with Crippen molar-refractivity contribution in [3.63, 3.8) is 0 Å². The summed E-state index contributed by atoms with van der Waals surface area (Å²) in [5, 5.41) is 22.3. The minimum Gasteiger partial charge on any atom is -0.496 e. The largest absolute Gasteiger partial charge is 0.496 e. The van der Waals surface area contributed by atoms with Crippen LogP contribution in [0.25, 0.3) is 11.3 Å². The Morgan fingerprint density at radius 1 is 1.28 bits per heavy atom. The van der Waals surface area contributed by atoms with Crippen LogP contribution in [0.4, 0.5) is 10.6 Å². The highest BCUT2D eigenvalue weighted by atomic mass is 16.5. The highest BCUT2D eigenvalue weighted by molar-refractivity contribution is 6.04. The number of amides is 1. The zero-order valence-corrected chi connectivity index (χ0v) is 21.5. The third-order valence-corrected chi connectivity index (χ3v) is 4.95. The Morgan fingerprint density at radius 3 is 2.75 bits per heavy atom. The van der Waals surface area contributed by atoms with Crippen LogP contribution in [0.15, 0.2) is 52.7 Å². The topological polar surface area (TPSA) is 134 Å². The Labute approximate surface area is 212 Å². The third kappa shape index (κ3) is 8.83.